The lowest BCUT2D eigenvalue weighted by Gasteiger charge is -2.33. The molecule has 1 unspecified atom stereocenters. The van der Waals surface area contributed by atoms with Crippen LogP contribution in [0.3, 0.4) is 0 Å². The summed E-state index contributed by atoms with van der Waals surface area (Å²) in [6, 6.07) is 5.92. The fraction of sp³-hybridized carbons (Fsp3) is 0.400. The van der Waals surface area contributed by atoms with Crippen LogP contribution in [0.15, 0.2) is 35.4 Å². The van der Waals surface area contributed by atoms with Gasteiger partial charge in [0.25, 0.3) is 0 Å². The maximum Gasteiger partial charge on any atom is 0.243 e. The minimum Gasteiger partial charge on any atom is -0.497 e. The predicted octanol–water partition coefficient (Wildman–Crippen LogP) is 1.49. The van der Waals surface area contributed by atoms with E-state index in [1.54, 1.807) is 37.6 Å². The number of methoxy groups -OCH3 is 1. The molecular weight excluding hydrogens is 318 g/mol. The number of benzene rings is 1. The van der Waals surface area contributed by atoms with Crippen molar-refractivity contribution in [3.8, 4) is 5.75 Å². The van der Waals surface area contributed by atoms with Gasteiger partial charge in [0.05, 0.1) is 25.2 Å². The second kappa shape index (κ2) is 6.31. The normalized spacial score (nSPS) is 19.7. The Labute approximate surface area is 135 Å². The van der Waals surface area contributed by atoms with Crippen LogP contribution in [0.5, 0.6) is 5.75 Å². The quantitative estimate of drug-likeness (QED) is 0.914. The summed E-state index contributed by atoms with van der Waals surface area (Å²) >= 11 is 0. The second-order valence-corrected chi connectivity index (χ2v) is 7.22. The number of sulfonamides is 1. The van der Waals surface area contributed by atoms with Crippen LogP contribution in [0, 0.1) is 6.92 Å². The van der Waals surface area contributed by atoms with Gasteiger partial charge in [-0.2, -0.15) is 4.31 Å². The van der Waals surface area contributed by atoms with Crippen molar-refractivity contribution in [2.45, 2.75) is 17.9 Å². The molecule has 7 nitrogen and oxygen atoms in total. The molecule has 1 aromatic heterocycles. The lowest BCUT2D eigenvalue weighted by Crippen LogP contribution is -2.43. The number of nitrogens with zero attached hydrogens (tertiary/aromatic N) is 2. The van der Waals surface area contributed by atoms with Gasteiger partial charge in [-0.1, -0.05) is 0 Å². The molecule has 0 bridgehead atoms. The van der Waals surface area contributed by atoms with Crippen molar-refractivity contribution in [3.63, 3.8) is 0 Å². The molecule has 2 heterocycles. The van der Waals surface area contributed by atoms with E-state index < -0.39 is 16.1 Å². The van der Waals surface area contributed by atoms with Crippen molar-refractivity contribution < 1.29 is 17.9 Å². The number of aromatic nitrogens is 2. The first-order chi connectivity index (χ1) is 11.0. The van der Waals surface area contributed by atoms with Gasteiger partial charge >= 0.3 is 0 Å². The van der Waals surface area contributed by atoms with Gasteiger partial charge in [0.2, 0.25) is 10.0 Å². The van der Waals surface area contributed by atoms with Crippen LogP contribution in [0.25, 0.3) is 0 Å². The molecule has 0 amide bonds. The molecule has 1 saturated heterocycles. The molecule has 0 spiro atoms. The van der Waals surface area contributed by atoms with Crippen molar-refractivity contribution in [2.24, 2.45) is 0 Å². The maximum atomic E-state index is 13.0. The summed E-state index contributed by atoms with van der Waals surface area (Å²) in [6.07, 6.45) is 1.68. The number of aryl methyl sites for hydroxylation is 1. The SMILES string of the molecule is COc1ccc(S(=O)(=O)N2CCOCC2c2ncc(C)[nH]2)cc1. The van der Waals surface area contributed by atoms with E-state index in [-0.39, 0.29) is 11.5 Å². The van der Waals surface area contributed by atoms with Gasteiger partial charge in [-0.15, -0.1) is 0 Å². The molecule has 0 saturated carbocycles. The zero-order valence-electron chi connectivity index (χ0n) is 13.0. The number of aromatic amines is 1. The van der Waals surface area contributed by atoms with E-state index in [9.17, 15) is 8.42 Å². The molecule has 1 aliphatic heterocycles. The van der Waals surface area contributed by atoms with Gasteiger partial charge in [-0.3, -0.25) is 0 Å². The molecule has 1 fully saturated rings. The molecule has 0 radical (unpaired) electrons. The minimum atomic E-state index is -3.64. The molecule has 1 N–H and O–H groups in total. The summed E-state index contributed by atoms with van der Waals surface area (Å²) < 4.78 is 37.9. The van der Waals surface area contributed by atoms with E-state index in [2.05, 4.69) is 9.97 Å². The van der Waals surface area contributed by atoms with E-state index in [0.29, 0.717) is 24.7 Å². The summed E-state index contributed by atoms with van der Waals surface area (Å²) in [6.45, 7) is 2.81. The Morgan fingerprint density at radius 3 is 2.70 bits per heavy atom. The van der Waals surface area contributed by atoms with E-state index in [1.807, 2.05) is 6.92 Å². The second-order valence-electron chi connectivity index (χ2n) is 5.33. The van der Waals surface area contributed by atoms with Gasteiger partial charge < -0.3 is 14.5 Å². The molecule has 1 aliphatic rings. The lowest BCUT2D eigenvalue weighted by atomic mass is 10.2. The molecule has 1 aromatic carbocycles. The zero-order valence-corrected chi connectivity index (χ0v) is 13.8. The number of nitrogens with one attached hydrogen (secondary N) is 1. The van der Waals surface area contributed by atoms with Crippen LogP contribution < -0.4 is 4.74 Å². The van der Waals surface area contributed by atoms with Gasteiger partial charge in [0.15, 0.2) is 0 Å². The Balaban J connectivity index is 1.95. The molecule has 124 valence electrons. The highest BCUT2D eigenvalue weighted by Gasteiger charge is 2.36. The molecule has 2 aromatic rings. The number of imidazole rings is 1. The first-order valence-corrected chi connectivity index (χ1v) is 8.71. The Bertz CT molecular complexity index is 770. The molecule has 0 aliphatic carbocycles. The van der Waals surface area contributed by atoms with Crippen molar-refractivity contribution in [1.29, 1.82) is 0 Å². The van der Waals surface area contributed by atoms with Gasteiger partial charge in [-0.25, -0.2) is 13.4 Å². The van der Waals surface area contributed by atoms with Crippen molar-refractivity contribution in [3.05, 3.63) is 42.0 Å². The topological polar surface area (TPSA) is 84.5 Å². The first-order valence-electron chi connectivity index (χ1n) is 7.27. The third-order valence-electron chi connectivity index (χ3n) is 3.78. The number of hydrogen-bond donors (Lipinski definition) is 1. The van der Waals surface area contributed by atoms with Crippen LogP contribution >= 0.6 is 0 Å². The Morgan fingerprint density at radius 2 is 2.09 bits per heavy atom. The summed E-state index contributed by atoms with van der Waals surface area (Å²) in [4.78, 5) is 7.59. The highest BCUT2D eigenvalue weighted by molar-refractivity contribution is 7.89. The van der Waals surface area contributed by atoms with E-state index in [0.717, 1.165) is 5.69 Å². The van der Waals surface area contributed by atoms with Crippen molar-refractivity contribution in [1.82, 2.24) is 14.3 Å². The van der Waals surface area contributed by atoms with Gasteiger partial charge in [0.1, 0.15) is 17.6 Å². The fourth-order valence-electron chi connectivity index (χ4n) is 2.58. The van der Waals surface area contributed by atoms with Crippen LogP contribution in [0.2, 0.25) is 0 Å². The number of hydrogen-bond acceptors (Lipinski definition) is 5. The Morgan fingerprint density at radius 1 is 1.35 bits per heavy atom. The summed E-state index contributed by atoms with van der Waals surface area (Å²) in [5.41, 5.74) is 0.882. The maximum absolute atomic E-state index is 13.0. The van der Waals surface area contributed by atoms with Gasteiger partial charge in [-0.05, 0) is 31.2 Å². The van der Waals surface area contributed by atoms with Crippen LogP contribution in [-0.4, -0.2) is 49.6 Å². The molecular formula is C15H19N3O4S. The standard InChI is InChI=1S/C15H19N3O4S/c1-11-9-16-15(17-11)14-10-22-8-7-18(14)23(19,20)13-5-3-12(21-2)4-6-13/h3-6,9,14H,7-8,10H2,1-2H3,(H,16,17). The van der Waals surface area contributed by atoms with Gasteiger partial charge in [0, 0.05) is 18.4 Å². The zero-order chi connectivity index (χ0) is 16.4. The highest BCUT2D eigenvalue weighted by atomic mass is 32.2. The summed E-state index contributed by atoms with van der Waals surface area (Å²) in [5.74, 6) is 1.21. The van der Waals surface area contributed by atoms with Crippen molar-refractivity contribution in [2.75, 3.05) is 26.9 Å². The van der Waals surface area contributed by atoms with Crippen LogP contribution in [0.4, 0.5) is 0 Å². The molecule has 23 heavy (non-hydrogen) atoms. The third-order valence-corrected chi connectivity index (χ3v) is 5.71. The summed E-state index contributed by atoms with van der Waals surface area (Å²) in [5, 5.41) is 0. The van der Waals surface area contributed by atoms with Crippen LogP contribution in [-0.2, 0) is 14.8 Å². The molecule has 1 atom stereocenters. The average molecular weight is 337 g/mol. The first kappa shape index (κ1) is 16.0. The number of rotatable bonds is 4. The predicted molar refractivity (Wildman–Crippen MR) is 83.8 cm³/mol. The molecule has 3 rings (SSSR count). The molecule has 8 heteroatoms. The Hall–Kier alpha value is -1.90. The third kappa shape index (κ3) is 3.10. The smallest absolute Gasteiger partial charge is 0.243 e. The lowest BCUT2D eigenvalue weighted by molar-refractivity contribution is 0.0292. The van der Waals surface area contributed by atoms with E-state index >= 15 is 0 Å². The Kier molecular flexibility index (Phi) is 4.38. The number of ether oxygens (including phenoxy) is 2. The fourth-order valence-corrected chi connectivity index (χ4v) is 4.14. The van der Waals surface area contributed by atoms with Crippen LogP contribution in [0.1, 0.15) is 17.6 Å². The number of H-pyrrole nitrogens is 1. The largest absolute Gasteiger partial charge is 0.497 e. The van der Waals surface area contributed by atoms with Crippen molar-refractivity contribution >= 4 is 10.0 Å². The number of morpholine rings is 1. The highest BCUT2D eigenvalue weighted by Crippen LogP contribution is 2.29. The average Bonchev–Trinajstić information content (AvgIpc) is 3.01. The van der Waals surface area contributed by atoms with E-state index in [1.165, 1.54) is 4.31 Å². The summed E-state index contributed by atoms with van der Waals surface area (Å²) in [7, 11) is -2.09. The minimum absolute atomic E-state index is 0.230. The van der Waals surface area contributed by atoms with E-state index in [4.69, 9.17) is 9.47 Å². The monoisotopic (exact) mass is 337 g/mol.